The van der Waals surface area contributed by atoms with Gasteiger partial charge in [0, 0.05) is 11.8 Å². The van der Waals surface area contributed by atoms with Crippen molar-refractivity contribution in [2.24, 2.45) is 0 Å². The first kappa shape index (κ1) is 11.6. The molecule has 2 nitrogen and oxygen atoms in total. The first-order valence-corrected chi connectivity index (χ1v) is 6.06. The standard InChI is InChI=1S/C15H17NO/c1-3-11-10-16-14(13(11)4-2)15(17)12-8-6-5-7-9-12/h5-10,16H,3-4H2,1-2H3. The van der Waals surface area contributed by atoms with E-state index in [1.165, 1.54) is 5.56 Å². The molecule has 0 unspecified atom stereocenters. The zero-order chi connectivity index (χ0) is 12.3. The fourth-order valence-electron chi connectivity index (χ4n) is 2.15. The number of nitrogens with one attached hydrogen (secondary N) is 1. The Morgan fingerprint density at radius 1 is 1.12 bits per heavy atom. The Morgan fingerprint density at radius 2 is 1.82 bits per heavy atom. The molecule has 1 N–H and O–H groups in total. The van der Waals surface area contributed by atoms with Crippen molar-refractivity contribution < 1.29 is 4.79 Å². The second-order valence-corrected chi connectivity index (χ2v) is 4.07. The van der Waals surface area contributed by atoms with E-state index in [0.717, 1.165) is 29.7 Å². The minimum absolute atomic E-state index is 0.0853. The van der Waals surface area contributed by atoms with Crippen LogP contribution in [-0.2, 0) is 12.8 Å². The van der Waals surface area contributed by atoms with Crippen LogP contribution in [0.15, 0.2) is 36.5 Å². The molecule has 17 heavy (non-hydrogen) atoms. The number of carbonyl (C=O) groups excluding carboxylic acids is 1. The number of aryl methyl sites for hydroxylation is 1. The Balaban J connectivity index is 2.41. The number of aromatic amines is 1. The lowest BCUT2D eigenvalue weighted by atomic mass is 10.0. The number of hydrogen-bond acceptors (Lipinski definition) is 1. The summed E-state index contributed by atoms with van der Waals surface area (Å²) in [5.41, 5.74) is 3.88. The SMILES string of the molecule is CCc1c[nH]c(C(=O)c2ccccc2)c1CC. The van der Waals surface area contributed by atoms with Crippen molar-refractivity contribution in [3.8, 4) is 0 Å². The van der Waals surface area contributed by atoms with Gasteiger partial charge in [0.1, 0.15) is 0 Å². The van der Waals surface area contributed by atoms with Crippen LogP contribution in [-0.4, -0.2) is 10.8 Å². The molecule has 0 aliphatic rings. The Morgan fingerprint density at radius 3 is 2.41 bits per heavy atom. The van der Waals surface area contributed by atoms with Crippen molar-refractivity contribution in [3.63, 3.8) is 0 Å². The van der Waals surface area contributed by atoms with Crippen LogP contribution in [0.2, 0.25) is 0 Å². The van der Waals surface area contributed by atoms with Crippen LogP contribution in [0.25, 0.3) is 0 Å². The van der Waals surface area contributed by atoms with Crippen LogP contribution >= 0.6 is 0 Å². The summed E-state index contributed by atoms with van der Waals surface area (Å²) < 4.78 is 0. The third kappa shape index (κ3) is 2.16. The predicted octanol–water partition coefficient (Wildman–Crippen LogP) is 3.37. The van der Waals surface area contributed by atoms with E-state index in [1.807, 2.05) is 36.5 Å². The quantitative estimate of drug-likeness (QED) is 0.798. The van der Waals surface area contributed by atoms with Crippen LogP contribution in [0.4, 0.5) is 0 Å². The molecule has 1 aromatic heterocycles. The summed E-state index contributed by atoms with van der Waals surface area (Å²) in [5.74, 6) is 0.0853. The maximum Gasteiger partial charge on any atom is 0.209 e. The molecule has 0 atom stereocenters. The third-order valence-electron chi connectivity index (χ3n) is 3.08. The van der Waals surface area contributed by atoms with Gasteiger partial charge < -0.3 is 4.98 Å². The molecule has 0 spiro atoms. The van der Waals surface area contributed by atoms with E-state index in [4.69, 9.17) is 0 Å². The lowest BCUT2D eigenvalue weighted by Gasteiger charge is -2.03. The van der Waals surface area contributed by atoms with E-state index >= 15 is 0 Å². The topological polar surface area (TPSA) is 32.9 Å². The van der Waals surface area contributed by atoms with E-state index in [2.05, 4.69) is 18.8 Å². The number of rotatable bonds is 4. The van der Waals surface area contributed by atoms with E-state index in [9.17, 15) is 4.79 Å². The fraction of sp³-hybridized carbons (Fsp3) is 0.267. The summed E-state index contributed by atoms with van der Waals surface area (Å²) in [6, 6.07) is 9.41. The van der Waals surface area contributed by atoms with Crippen LogP contribution in [0.5, 0.6) is 0 Å². The molecular formula is C15H17NO. The first-order chi connectivity index (χ1) is 8.27. The van der Waals surface area contributed by atoms with Gasteiger partial charge in [-0.3, -0.25) is 4.79 Å². The summed E-state index contributed by atoms with van der Waals surface area (Å²) >= 11 is 0. The van der Waals surface area contributed by atoms with Gasteiger partial charge in [-0.15, -0.1) is 0 Å². The number of benzene rings is 1. The van der Waals surface area contributed by atoms with Gasteiger partial charge >= 0.3 is 0 Å². The normalized spacial score (nSPS) is 10.5. The van der Waals surface area contributed by atoms with Gasteiger partial charge in [-0.1, -0.05) is 44.2 Å². The number of aromatic nitrogens is 1. The molecular weight excluding hydrogens is 210 g/mol. The van der Waals surface area contributed by atoms with Gasteiger partial charge in [0.25, 0.3) is 0 Å². The molecule has 0 amide bonds. The molecule has 1 aromatic carbocycles. The molecule has 0 aliphatic carbocycles. The number of ketones is 1. The number of H-pyrrole nitrogens is 1. The molecule has 0 saturated heterocycles. The van der Waals surface area contributed by atoms with Crippen molar-refractivity contribution >= 4 is 5.78 Å². The average Bonchev–Trinajstić information content (AvgIpc) is 2.81. The van der Waals surface area contributed by atoms with Gasteiger partial charge in [0.15, 0.2) is 0 Å². The highest BCUT2D eigenvalue weighted by molar-refractivity contribution is 6.08. The minimum Gasteiger partial charge on any atom is -0.358 e. The Kier molecular flexibility index (Phi) is 3.43. The smallest absolute Gasteiger partial charge is 0.209 e. The Hall–Kier alpha value is -1.83. The molecule has 0 bridgehead atoms. The highest BCUT2D eigenvalue weighted by Crippen LogP contribution is 2.19. The first-order valence-electron chi connectivity index (χ1n) is 6.06. The zero-order valence-corrected chi connectivity index (χ0v) is 10.3. The number of hydrogen-bond donors (Lipinski definition) is 1. The molecule has 1 heterocycles. The summed E-state index contributed by atoms with van der Waals surface area (Å²) in [6.07, 6.45) is 3.80. The van der Waals surface area contributed by atoms with Crippen molar-refractivity contribution in [3.05, 3.63) is 58.9 Å². The van der Waals surface area contributed by atoms with Crippen molar-refractivity contribution in [2.45, 2.75) is 26.7 Å². The second-order valence-electron chi connectivity index (χ2n) is 4.07. The second kappa shape index (κ2) is 5.00. The summed E-state index contributed by atoms with van der Waals surface area (Å²) in [6.45, 7) is 4.20. The predicted molar refractivity (Wildman–Crippen MR) is 69.4 cm³/mol. The van der Waals surface area contributed by atoms with E-state index < -0.39 is 0 Å². The van der Waals surface area contributed by atoms with E-state index in [1.54, 1.807) is 0 Å². The summed E-state index contributed by atoms with van der Waals surface area (Å²) in [5, 5.41) is 0. The largest absolute Gasteiger partial charge is 0.358 e. The zero-order valence-electron chi connectivity index (χ0n) is 10.3. The van der Waals surface area contributed by atoms with Gasteiger partial charge in [0.05, 0.1) is 5.69 Å². The summed E-state index contributed by atoms with van der Waals surface area (Å²) in [7, 11) is 0. The van der Waals surface area contributed by atoms with Gasteiger partial charge in [-0.2, -0.15) is 0 Å². The highest BCUT2D eigenvalue weighted by Gasteiger charge is 2.16. The third-order valence-corrected chi connectivity index (χ3v) is 3.08. The lowest BCUT2D eigenvalue weighted by Crippen LogP contribution is -2.05. The highest BCUT2D eigenvalue weighted by atomic mass is 16.1. The van der Waals surface area contributed by atoms with Crippen LogP contribution in [0.3, 0.4) is 0 Å². The molecule has 0 aliphatic heterocycles. The molecule has 2 aromatic rings. The molecule has 0 fully saturated rings. The Labute approximate surface area is 102 Å². The molecule has 2 rings (SSSR count). The molecule has 0 saturated carbocycles. The average molecular weight is 227 g/mol. The van der Waals surface area contributed by atoms with Crippen molar-refractivity contribution in [1.82, 2.24) is 4.98 Å². The maximum atomic E-state index is 12.3. The fourth-order valence-corrected chi connectivity index (χ4v) is 2.15. The lowest BCUT2D eigenvalue weighted by molar-refractivity contribution is 0.103. The number of carbonyl (C=O) groups is 1. The van der Waals surface area contributed by atoms with Gasteiger partial charge in [0.2, 0.25) is 5.78 Å². The Bertz CT molecular complexity index is 511. The van der Waals surface area contributed by atoms with Gasteiger partial charge in [-0.25, -0.2) is 0 Å². The van der Waals surface area contributed by atoms with Crippen LogP contribution in [0, 0.1) is 0 Å². The van der Waals surface area contributed by atoms with Crippen LogP contribution in [0.1, 0.15) is 41.0 Å². The van der Waals surface area contributed by atoms with Crippen molar-refractivity contribution in [1.29, 1.82) is 0 Å². The minimum atomic E-state index is 0.0853. The summed E-state index contributed by atoms with van der Waals surface area (Å²) in [4.78, 5) is 15.4. The monoisotopic (exact) mass is 227 g/mol. The van der Waals surface area contributed by atoms with E-state index in [-0.39, 0.29) is 5.78 Å². The molecule has 88 valence electrons. The maximum absolute atomic E-state index is 12.3. The van der Waals surface area contributed by atoms with Gasteiger partial charge in [-0.05, 0) is 24.0 Å². The molecule has 0 radical (unpaired) electrons. The molecule has 2 heteroatoms. The van der Waals surface area contributed by atoms with E-state index in [0.29, 0.717) is 0 Å². The van der Waals surface area contributed by atoms with Crippen molar-refractivity contribution in [2.75, 3.05) is 0 Å². The van der Waals surface area contributed by atoms with Crippen LogP contribution < -0.4 is 0 Å².